The van der Waals surface area contributed by atoms with Gasteiger partial charge in [-0.1, -0.05) is 0 Å². The molecule has 0 aromatic carbocycles. The lowest BCUT2D eigenvalue weighted by Gasteiger charge is -2.37. The second kappa shape index (κ2) is 7.82. The number of morpholine rings is 1. The average molecular weight is 302 g/mol. The predicted octanol–water partition coefficient (Wildman–Crippen LogP) is 0.165. The van der Waals surface area contributed by atoms with E-state index in [1.54, 1.807) is 13.8 Å². The highest BCUT2D eigenvalue weighted by Crippen LogP contribution is 2.13. The third-order valence-electron chi connectivity index (χ3n) is 3.39. The molecule has 2 unspecified atom stereocenters. The van der Waals surface area contributed by atoms with Gasteiger partial charge < -0.3 is 24.4 Å². The molecule has 1 aliphatic heterocycles. The predicted molar refractivity (Wildman–Crippen MR) is 72.8 cm³/mol. The summed E-state index contributed by atoms with van der Waals surface area (Å²) in [5.41, 5.74) is 0. The second-order valence-corrected chi connectivity index (χ2v) is 4.84. The number of carbonyl (C=O) groups excluding carboxylic acids is 2. The SMILES string of the molecule is CCN(C(=O)N1CCOC(C(=O)OC)C1)C(C)CC(=O)O. The van der Waals surface area contributed by atoms with Crippen LogP contribution in [0.4, 0.5) is 4.79 Å². The van der Waals surface area contributed by atoms with Crippen molar-refractivity contribution in [3.63, 3.8) is 0 Å². The highest BCUT2D eigenvalue weighted by molar-refractivity contribution is 5.79. The van der Waals surface area contributed by atoms with E-state index in [4.69, 9.17) is 9.84 Å². The zero-order valence-electron chi connectivity index (χ0n) is 12.6. The van der Waals surface area contributed by atoms with E-state index in [-0.39, 0.29) is 25.6 Å². The number of urea groups is 1. The topological polar surface area (TPSA) is 96.4 Å². The fraction of sp³-hybridized carbons (Fsp3) is 0.769. The van der Waals surface area contributed by atoms with Gasteiger partial charge in [0.2, 0.25) is 0 Å². The molecule has 1 N–H and O–H groups in total. The van der Waals surface area contributed by atoms with Crippen molar-refractivity contribution >= 4 is 18.0 Å². The molecule has 8 heteroatoms. The van der Waals surface area contributed by atoms with Crippen LogP contribution in [0.2, 0.25) is 0 Å². The van der Waals surface area contributed by atoms with Crippen LogP contribution < -0.4 is 0 Å². The van der Waals surface area contributed by atoms with Crippen molar-refractivity contribution in [2.75, 3.05) is 33.4 Å². The summed E-state index contributed by atoms with van der Waals surface area (Å²) in [5.74, 6) is -1.47. The Balaban J connectivity index is 2.70. The average Bonchev–Trinajstić information content (AvgIpc) is 2.46. The first-order chi connectivity index (χ1) is 9.90. The number of rotatable bonds is 5. The first-order valence-electron chi connectivity index (χ1n) is 6.87. The van der Waals surface area contributed by atoms with Crippen LogP contribution in [0, 0.1) is 0 Å². The molecule has 0 radical (unpaired) electrons. The van der Waals surface area contributed by atoms with Crippen LogP contribution in [-0.4, -0.2) is 78.4 Å². The van der Waals surface area contributed by atoms with Gasteiger partial charge in [0.1, 0.15) is 0 Å². The fourth-order valence-electron chi connectivity index (χ4n) is 2.28. The van der Waals surface area contributed by atoms with Crippen molar-refractivity contribution in [3.8, 4) is 0 Å². The third-order valence-corrected chi connectivity index (χ3v) is 3.39. The van der Waals surface area contributed by atoms with E-state index in [0.29, 0.717) is 13.1 Å². The summed E-state index contributed by atoms with van der Waals surface area (Å²) < 4.78 is 9.88. The van der Waals surface area contributed by atoms with E-state index >= 15 is 0 Å². The van der Waals surface area contributed by atoms with Crippen molar-refractivity contribution < 1.29 is 29.0 Å². The van der Waals surface area contributed by atoms with Crippen molar-refractivity contribution in [1.82, 2.24) is 9.80 Å². The van der Waals surface area contributed by atoms with E-state index in [1.165, 1.54) is 16.9 Å². The molecule has 0 aromatic heterocycles. The first-order valence-corrected chi connectivity index (χ1v) is 6.87. The maximum Gasteiger partial charge on any atom is 0.336 e. The Hall–Kier alpha value is -1.83. The summed E-state index contributed by atoms with van der Waals surface area (Å²) in [6.07, 6.45) is -0.911. The number of hydrogen-bond acceptors (Lipinski definition) is 5. The minimum atomic E-state index is -0.955. The molecule has 0 aliphatic carbocycles. The molecule has 1 saturated heterocycles. The molecule has 0 spiro atoms. The number of carbonyl (C=O) groups is 3. The summed E-state index contributed by atoms with van der Waals surface area (Å²) in [4.78, 5) is 37.7. The van der Waals surface area contributed by atoms with Crippen molar-refractivity contribution in [3.05, 3.63) is 0 Å². The van der Waals surface area contributed by atoms with Gasteiger partial charge in [-0.2, -0.15) is 0 Å². The molecule has 1 heterocycles. The molecule has 1 rings (SSSR count). The van der Waals surface area contributed by atoms with Gasteiger partial charge in [-0.15, -0.1) is 0 Å². The fourth-order valence-corrected chi connectivity index (χ4v) is 2.28. The molecule has 1 aliphatic rings. The smallest absolute Gasteiger partial charge is 0.336 e. The third kappa shape index (κ3) is 4.59. The van der Waals surface area contributed by atoms with Crippen LogP contribution in [0.15, 0.2) is 0 Å². The van der Waals surface area contributed by atoms with Gasteiger partial charge in [-0.3, -0.25) is 4.79 Å². The second-order valence-electron chi connectivity index (χ2n) is 4.84. The number of esters is 1. The molecule has 2 amide bonds. The van der Waals surface area contributed by atoms with Gasteiger partial charge in [-0.05, 0) is 13.8 Å². The summed E-state index contributed by atoms with van der Waals surface area (Å²) in [7, 11) is 1.26. The standard InChI is InChI=1S/C13H22N2O6/c1-4-15(9(2)7-11(16)17)13(19)14-5-6-21-10(8-14)12(18)20-3/h9-10H,4-8H2,1-3H3,(H,16,17). The molecule has 1 fully saturated rings. The molecule has 21 heavy (non-hydrogen) atoms. The van der Waals surface area contributed by atoms with E-state index in [0.717, 1.165) is 0 Å². The monoisotopic (exact) mass is 302 g/mol. The van der Waals surface area contributed by atoms with E-state index in [2.05, 4.69) is 4.74 Å². The van der Waals surface area contributed by atoms with Gasteiger partial charge in [0.05, 0.1) is 26.7 Å². The molecule has 8 nitrogen and oxygen atoms in total. The number of methoxy groups -OCH3 is 1. The Bertz CT molecular complexity index is 400. The molecule has 0 aromatic rings. The van der Waals surface area contributed by atoms with Gasteiger partial charge >= 0.3 is 18.0 Å². The zero-order chi connectivity index (χ0) is 16.0. The molecular weight excluding hydrogens is 280 g/mol. The van der Waals surface area contributed by atoms with Gasteiger partial charge in [0, 0.05) is 19.1 Å². The molecule has 0 saturated carbocycles. The Labute approximate surface area is 123 Å². The number of amides is 2. The van der Waals surface area contributed by atoms with Crippen molar-refractivity contribution in [2.45, 2.75) is 32.4 Å². The summed E-state index contributed by atoms with van der Waals surface area (Å²) in [5, 5.41) is 8.83. The molecule has 120 valence electrons. The minimum Gasteiger partial charge on any atom is -0.481 e. The minimum absolute atomic E-state index is 0.113. The van der Waals surface area contributed by atoms with Crippen LogP contribution in [0.3, 0.4) is 0 Å². The lowest BCUT2D eigenvalue weighted by atomic mass is 10.2. The van der Waals surface area contributed by atoms with E-state index in [1.807, 2.05) is 0 Å². The number of carboxylic acid groups (broad SMARTS) is 1. The van der Waals surface area contributed by atoms with E-state index < -0.39 is 24.1 Å². The van der Waals surface area contributed by atoms with Crippen LogP contribution in [-0.2, 0) is 19.1 Å². The van der Waals surface area contributed by atoms with Gasteiger partial charge in [-0.25, -0.2) is 9.59 Å². The number of nitrogens with zero attached hydrogens (tertiary/aromatic N) is 2. The lowest BCUT2D eigenvalue weighted by molar-refractivity contribution is -0.158. The van der Waals surface area contributed by atoms with Gasteiger partial charge in [0.15, 0.2) is 6.10 Å². The highest BCUT2D eigenvalue weighted by atomic mass is 16.6. The Morgan fingerprint density at radius 1 is 1.48 bits per heavy atom. The maximum atomic E-state index is 12.5. The largest absolute Gasteiger partial charge is 0.481 e. The lowest BCUT2D eigenvalue weighted by Crippen LogP contribution is -2.54. The number of hydrogen-bond donors (Lipinski definition) is 1. The number of ether oxygens (including phenoxy) is 2. The summed E-state index contributed by atoms with van der Waals surface area (Å²) in [6, 6.07) is -0.706. The Morgan fingerprint density at radius 3 is 2.67 bits per heavy atom. The summed E-state index contributed by atoms with van der Waals surface area (Å²) >= 11 is 0. The molecule has 2 atom stereocenters. The maximum absolute atomic E-state index is 12.5. The van der Waals surface area contributed by atoms with Crippen LogP contribution in [0.25, 0.3) is 0 Å². The zero-order valence-corrected chi connectivity index (χ0v) is 12.6. The van der Waals surface area contributed by atoms with Crippen molar-refractivity contribution in [1.29, 1.82) is 0 Å². The molecule has 0 bridgehead atoms. The summed E-state index contributed by atoms with van der Waals surface area (Å²) in [6.45, 7) is 4.59. The van der Waals surface area contributed by atoms with Gasteiger partial charge in [0.25, 0.3) is 0 Å². The molecular formula is C13H22N2O6. The van der Waals surface area contributed by atoms with Crippen LogP contribution in [0.1, 0.15) is 20.3 Å². The number of carboxylic acids is 1. The Morgan fingerprint density at radius 2 is 2.14 bits per heavy atom. The Kier molecular flexibility index (Phi) is 6.41. The normalized spacial score (nSPS) is 19.8. The van der Waals surface area contributed by atoms with Crippen molar-refractivity contribution in [2.24, 2.45) is 0 Å². The highest BCUT2D eigenvalue weighted by Gasteiger charge is 2.33. The van der Waals surface area contributed by atoms with E-state index in [9.17, 15) is 14.4 Å². The quantitative estimate of drug-likeness (QED) is 0.727. The first kappa shape index (κ1) is 17.2. The van der Waals surface area contributed by atoms with Crippen LogP contribution in [0.5, 0.6) is 0 Å². The number of aliphatic carboxylic acids is 1. The van der Waals surface area contributed by atoms with Crippen LogP contribution >= 0.6 is 0 Å².